The minimum Gasteiger partial charge on any atom is -0.313 e. The van der Waals surface area contributed by atoms with Crippen LogP contribution in [0.5, 0.6) is 0 Å². The van der Waals surface area contributed by atoms with Crippen LogP contribution in [-0.4, -0.2) is 19.1 Å². The zero-order valence-corrected chi connectivity index (χ0v) is 17.3. The number of rotatable bonds is 6. The van der Waals surface area contributed by atoms with Gasteiger partial charge in [-0.05, 0) is 29.7 Å². The van der Waals surface area contributed by atoms with Crippen molar-refractivity contribution in [3.63, 3.8) is 0 Å². The molecule has 6 nitrogen and oxygen atoms in total. The summed E-state index contributed by atoms with van der Waals surface area (Å²) < 4.78 is 3.28. The summed E-state index contributed by atoms with van der Waals surface area (Å²) in [6.07, 6.45) is 0.712. The van der Waals surface area contributed by atoms with E-state index in [2.05, 4.69) is 22.1 Å². The Morgan fingerprint density at radius 2 is 1.76 bits per heavy atom. The predicted molar refractivity (Wildman–Crippen MR) is 117 cm³/mol. The zero-order valence-electron chi connectivity index (χ0n) is 15.8. The third kappa shape index (κ3) is 4.16. The Morgan fingerprint density at radius 3 is 2.48 bits per heavy atom. The van der Waals surface area contributed by atoms with Gasteiger partial charge in [0.2, 0.25) is 0 Å². The highest BCUT2D eigenvalue weighted by molar-refractivity contribution is 7.98. The van der Waals surface area contributed by atoms with Gasteiger partial charge in [0.05, 0.1) is 0 Å². The third-order valence-electron chi connectivity index (χ3n) is 4.72. The number of H-pyrrole nitrogens is 1. The van der Waals surface area contributed by atoms with Crippen LogP contribution >= 0.6 is 23.4 Å². The Kier molecular flexibility index (Phi) is 5.60. The second-order valence-electron chi connectivity index (χ2n) is 6.69. The number of hydrogen-bond donors (Lipinski definition) is 1. The van der Waals surface area contributed by atoms with Crippen molar-refractivity contribution in [3.8, 4) is 0 Å². The van der Waals surface area contributed by atoms with Gasteiger partial charge >= 0.3 is 5.69 Å². The predicted octanol–water partition coefficient (Wildman–Crippen LogP) is 3.61. The number of halogens is 1. The van der Waals surface area contributed by atoms with Crippen LogP contribution in [0.15, 0.2) is 69.3 Å². The van der Waals surface area contributed by atoms with Crippen molar-refractivity contribution in [2.45, 2.75) is 23.9 Å². The Labute approximate surface area is 176 Å². The lowest BCUT2D eigenvalue weighted by molar-refractivity contribution is 0.650. The Balaban J connectivity index is 1.72. The molecule has 0 radical (unpaired) electrons. The van der Waals surface area contributed by atoms with Gasteiger partial charge in [-0.2, -0.15) is 0 Å². The molecule has 0 amide bonds. The Hall–Kier alpha value is -2.77. The largest absolute Gasteiger partial charge is 0.329 e. The van der Waals surface area contributed by atoms with E-state index in [-0.39, 0.29) is 0 Å². The number of fused-ring (bicyclic) bond motifs is 1. The average Bonchev–Trinajstić information content (AvgIpc) is 3.10. The molecule has 4 rings (SSSR count). The van der Waals surface area contributed by atoms with Crippen LogP contribution in [0.3, 0.4) is 0 Å². The number of thioether (sulfide) groups is 1. The SMILES string of the molecule is Cn1c(=O)[nH]c(=O)c2c1nc(SCc1ccccc1)n2CCc1ccc(Cl)cc1. The smallest absolute Gasteiger partial charge is 0.313 e. The maximum absolute atomic E-state index is 12.6. The minimum absolute atomic E-state index is 0.394. The molecule has 0 aliphatic rings. The van der Waals surface area contributed by atoms with E-state index >= 15 is 0 Å². The molecule has 29 heavy (non-hydrogen) atoms. The summed E-state index contributed by atoms with van der Waals surface area (Å²) in [6.45, 7) is 0.566. The van der Waals surface area contributed by atoms with E-state index in [1.165, 1.54) is 4.57 Å². The monoisotopic (exact) mass is 426 g/mol. The van der Waals surface area contributed by atoms with Crippen molar-refractivity contribution in [1.82, 2.24) is 19.1 Å². The quantitative estimate of drug-likeness (QED) is 0.478. The molecular weight excluding hydrogens is 408 g/mol. The topological polar surface area (TPSA) is 72.7 Å². The molecule has 148 valence electrons. The van der Waals surface area contributed by atoms with Gasteiger partial charge in [0.15, 0.2) is 16.3 Å². The summed E-state index contributed by atoms with van der Waals surface area (Å²) in [4.78, 5) is 31.6. The molecule has 0 saturated carbocycles. The summed E-state index contributed by atoms with van der Waals surface area (Å²) in [5.41, 5.74) is 2.19. The highest BCUT2D eigenvalue weighted by Gasteiger charge is 2.17. The summed E-state index contributed by atoms with van der Waals surface area (Å²) in [5.74, 6) is 0.719. The van der Waals surface area contributed by atoms with Crippen molar-refractivity contribution >= 4 is 34.5 Å². The molecule has 1 N–H and O–H groups in total. The molecular formula is C21H19ClN4O2S. The van der Waals surface area contributed by atoms with Gasteiger partial charge in [-0.25, -0.2) is 9.78 Å². The number of hydrogen-bond acceptors (Lipinski definition) is 4. The second kappa shape index (κ2) is 8.31. The standard InChI is InChI=1S/C21H19ClN4O2S/c1-25-18-17(19(27)24-20(25)28)26(12-11-14-7-9-16(22)10-8-14)21(23-18)29-13-15-5-3-2-4-6-15/h2-10H,11-13H2,1H3,(H,24,27,28). The molecule has 2 aromatic heterocycles. The van der Waals surface area contributed by atoms with Crippen LogP contribution in [-0.2, 0) is 25.8 Å². The number of aromatic nitrogens is 4. The van der Waals surface area contributed by atoms with Gasteiger partial charge < -0.3 is 4.57 Å². The van der Waals surface area contributed by atoms with E-state index in [9.17, 15) is 9.59 Å². The van der Waals surface area contributed by atoms with Crippen LogP contribution in [0.1, 0.15) is 11.1 Å². The van der Waals surface area contributed by atoms with Gasteiger partial charge in [0.25, 0.3) is 5.56 Å². The molecule has 0 fully saturated rings. The van der Waals surface area contributed by atoms with E-state index in [1.54, 1.807) is 18.8 Å². The molecule has 0 atom stereocenters. The van der Waals surface area contributed by atoms with Crippen LogP contribution in [0, 0.1) is 0 Å². The Bertz CT molecular complexity index is 1260. The van der Waals surface area contributed by atoms with E-state index in [0.29, 0.717) is 34.3 Å². The van der Waals surface area contributed by atoms with Gasteiger partial charge in [0, 0.05) is 24.4 Å². The number of nitrogens with zero attached hydrogens (tertiary/aromatic N) is 3. The van der Waals surface area contributed by atoms with Crippen molar-refractivity contribution in [3.05, 3.63) is 91.6 Å². The number of aryl methyl sites for hydroxylation is 3. The fourth-order valence-electron chi connectivity index (χ4n) is 3.15. The number of nitrogens with one attached hydrogen (secondary N) is 1. The van der Waals surface area contributed by atoms with Crippen molar-refractivity contribution in [2.24, 2.45) is 7.05 Å². The van der Waals surface area contributed by atoms with Crippen LogP contribution < -0.4 is 11.2 Å². The van der Waals surface area contributed by atoms with Crippen molar-refractivity contribution < 1.29 is 0 Å². The van der Waals surface area contributed by atoms with Crippen molar-refractivity contribution in [2.75, 3.05) is 0 Å². The molecule has 2 heterocycles. The molecule has 0 aliphatic carbocycles. The maximum Gasteiger partial charge on any atom is 0.329 e. The number of benzene rings is 2. The molecule has 8 heteroatoms. The average molecular weight is 427 g/mol. The van der Waals surface area contributed by atoms with Gasteiger partial charge in [-0.15, -0.1) is 0 Å². The highest BCUT2D eigenvalue weighted by atomic mass is 35.5. The van der Waals surface area contributed by atoms with Crippen molar-refractivity contribution in [1.29, 1.82) is 0 Å². The van der Waals surface area contributed by atoms with E-state index in [4.69, 9.17) is 11.6 Å². The summed E-state index contributed by atoms with van der Waals surface area (Å²) in [6, 6.07) is 17.7. The molecule has 0 bridgehead atoms. The maximum atomic E-state index is 12.6. The fourth-order valence-corrected chi connectivity index (χ4v) is 4.25. The van der Waals surface area contributed by atoms with Crippen LogP contribution in [0.2, 0.25) is 5.02 Å². The minimum atomic E-state index is -0.468. The lowest BCUT2D eigenvalue weighted by Crippen LogP contribution is -2.29. The van der Waals surface area contributed by atoms with Gasteiger partial charge in [-0.3, -0.25) is 14.3 Å². The summed E-state index contributed by atoms with van der Waals surface area (Å²) >= 11 is 7.52. The van der Waals surface area contributed by atoms with E-state index in [0.717, 1.165) is 16.9 Å². The molecule has 2 aromatic carbocycles. The molecule has 0 saturated heterocycles. The normalized spacial score (nSPS) is 11.2. The molecule has 4 aromatic rings. The van der Waals surface area contributed by atoms with Crippen LogP contribution in [0.25, 0.3) is 11.2 Å². The van der Waals surface area contributed by atoms with Gasteiger partial charge in [0.1, 0.15) is 0 Å². The number of imidazole rings is 1. The summed E-state index contributed by atoms with van der Waals surface area (Å²) in [5, 5.41) is 1.40. The summed E-state index contributed by atoms with van der Waals surface area (Å²) in [7, 11) is 1.61. The molecule has 0 aliphatic heterocycles. The number of aromatic amines is 1. The Morgan fingerprint density at radius 1 is 1.03 bits per heavy atom. The highest BCUT2D eigenvalue weighted by Crippen LogP contribution is 2.25. The second-order valence-corrected chi connectivity index (χ2v) is 8.07. The zero-order chi connectivity index (χ0) is 20.4. The fraction of sp³-hybridized carbons (Fsp3) is 0.190. The van der Waals surface area contributed by atoms with E-state index < -0.39 is 11.2 Å². The van der Waals surface area contributed by atoms with Gasteiger partial charge in [-0.1, -0.05) is 65.8 Å². The first-order chi connectivity index (χ1) is 14.0. The third-order valence-corrected chi connectivity index (χ3v) is 6.02. The first-order valence-electron chi connectivity index (χ1n) is 9.13. The van der Waals surface area contributed by atoms with E-state index in [1.807, 2.05) is 47.0 Å². The lowest BCUT2D eigenvalue weighted by Gasteiger charge is -2.09. The van der Waals surface area contributed by atoms with Crippen LogP contribution in [0.4, 0.5) is 0 Å². The first kappa shape index (κ1) is 19.5. The first-order valence-corrected chi connectivity index (χ1v) is 10.5. The lowest BCUT2D eigenvalue weighted by atomic mass is 10.1. The molecule has 0 unspecified atom stereocenters. The molecule has 0 spiro atoms.